The number of methoxy groups -OCH3 is 1. The van der Waals surface area contributed by atoms with Gasteiger partial charge in [0.2, 0.25) is 0 Å². The molecule has 0 radical (unpaired) electrons. The molecule has 0 aliphatic rings. The lowest BCUT2D eigenvalue weighted by atomic mass is 10.1. The number of rotatable bonds is 2. The summed E-state index contributed by atoms with van der Waals surface area (Å²) in [5.41, 5.74) is 0.740. The van der Waals surface area contributed by atoms with Crippen LogP contribution in [0.1, 0.15) is 15.9 Å². The predicted molar refractivity (Wildman–Crippen MR) is 49.7 cm³/mol. The van der Waals surface area contributed by atoms with Crippen molar-refractivity contribution in [3.63, 3.8) is 0 Å². The van der Waals surface area contributed by atoms with Gasteiger partial charge in [-0.25, -0.2) is 4.79 Å². The topological polar surface area (TPSA) is 46.5 Å². The van der Waals surface area contributed by atoms with Gasteiger partial charge in [-0.1, -0.05) is 17.7 Å². The van der Waals surface area contributed by atoms with Gasteiger partial charge in [-0.15, -0.1) is 0 Å². The van der Waals surface area contributed by atoms with E-state index < -0.39 is 5.97 Å². The van der Waals surface area contributed by atoms with Crippen LogP contribution in [0.3, 0.4) is 0 Å². The molecule has 0 heterocycles. The molecule has 0 spiro atoms. The fourth-order valence-corrected chi connectivity index (χ4v) is 1.27. The number of carbonyl (C=O) groups is 1. The van der Waals surface area contributed by atoms with Gasteiger partial charge in [-0.05, 0) is 18.6 Å². The van der Waals surface area contributed by atoms with Crippen molar-refractivity contribution >= 4 is 17.6 Å². The van der Waals surface area contributed by atoms with Crippen LogP contribution >= 0.6 is 11.6 Å². The van der Waals surface area contributed by atoms with E-state index in [1.165, 1.54) is 7.11 Å². The molecule has 0 saturated carbocycles. The molecule has 0 atom stereocenters. The van der Waals surface area contributed by atoms with E-state index in [9.17, 15) is 4.79 Å². The Bertz CT molecular complexity index is 347. The Morgan fingerprint density at radius 2 is 2.15 bits per heavy atom. The van der Waals surface area contributed by atoms with E-state index in [0.717, 1.165) is 5.56 Å². The van der Waals surface area contributed by atoms with E-state index in [1.54, 1.807) is 19.1 Å². The number of carboxylic acid groups (broad SMARTS) is 1. The van der Waals surface area contributed by atoms with Crippen LogP contribution in [0.15, 0.2) is 12.1 Å². The Balaban J connectivity index is 3.41. The van der Waals surface area contributed by atoms with Crippen molar-refractivity contribution < 1.29 is 14.6 Å². The molecule has 0 saturated heterocycles. The molecule has 0 aliphatic heterocycles. The minimum atomic E-state index is -1.08. The van der Waals surface area contributed by atoms with Crippen molar-refractivity contribution in [2.75, 3.05) is 7.11 Å². The van der Waals surface area contributed by atoms with Crippen molar-refractivity contribution in [1.29, 1.82) is 0 Å². The number of hydrogen-bond acceptors (Lipinski definition) is 2. The Morgan fingerprint density at radius 1 is 1.54 bits per heavy atom. The van der Waals surface area contributed by atoms with E-state index in [-0.39, 0.29) is 16.3 Å². The van der Waals surface area contributed by atoms with Crippen molar-refractivity contribution in [3.05, 3.63) is 28.3 Å². The first-order chi connectivity index (χ1) is 6.07. The molecule has 0 bridgehead atoms. The van der Waals surface area contributed by atoms with Crippen molar-refractivity contribution in [3.8, 4) is 5.75 Å². The Hall–Kier alpha value is -1.22. The molecule has 1 aromatic rings. The van der Waals surface area contributed by atoms with Crippen LogP contribution in [0.5, 0.6) is 5.75 Å². The first-order valence-electron chi connectivity index (χ1n) is 3.64. The van der Waals surface area contributed by atoms with E-state index in [1.807, 2.05) is 0 Å². The van der Waals surface area contributed by atoms with Gasteiger partial charge in [0.05, 0.1) is 12.1 Å². The van der Waals surface area contributed by atoms with Crippen LogP contribution in [0.4, 0.5) is 0 Å². The van der Waals surface area contributed by atoms with Gasteiger partial charge < -0.3 is 9.84 Å². The minimum absolute atomic E-state index is 0.0177. The molecule has 4 heteroatoms. The second-order valence-electron chi connectivity index (χ2n) is 2.58. The molecule has 1 rings (SSSR count). The van der Waals surface area contributed by atoms with Crippen molar-refractivity contribution in [2.45, 2.75) is 6.92 Å². The Kier molecular flexibility index (Phi) is 2.78. The second kappa shape index (κ2) is 3.66. The van der Waals surface area contributed by atoms with Gasteiger partial charge in [0, 0.05) is 0 Å². The highest BCUT2D eigenvalue weighted by atomic mass is 35.5. The average molecular weight is 201 g/mol. The normalized spacial score (nSPS) is 9.77. The quantitative estimate of drug-likeness (QED) is 0.797. The van der Waals surface area contributed by atoms with Crippen LogP contribution < -0.4 is 4.74 Å². The summed E-state index contributed by atoms with van der Waals surface area (Å²) >= 11 is 5.81. The largest absolute Gasteiger partial charge is 0.496 e. The molecule has 70 valence electrons. The molecular weight excluding hydrogens is 192 g/mol. The number of benzene rings is 1. The number of hydrogen-bond donors (Lipinski definition) is 1. The lowest BCUT2D eigenvalue weighted by Gasteiger charge is -2.07. The third kappa shape index (κ3) is 1.75. The maximum Gasteiger partial charge on any atom is 0.341 e. The molecule has 3 nitrogen and oxygen atoms in total. The lowest BCUT2D eigenvalue weighted by Crippen LogP contribution is -2.02. The van der Waals surface area contributed by atoms with Gasteiger partial charge in [-0.2, -0.15) is 0 Å². The van der Waals surface area contributed by atoms with Crippen LogP contribution in [0.25, 0.3) is 0 Å². The maximum absolute atomic E-state index is 10.8. The van der Waals surface area contributed by atoms with Crippen LogP contribution in [-0.4, -0.2) is 18.2 Å². The molecule has 0 amide bonds. The Morgan fingerprint density at radius 3 is 2.62 bits per heavy atom. The summed E-state index contributed by atoms with van der Waals surface area (Å²) in [5.74, 6) is -0.798. The van der Waals surface area contributed by atoms with E-state index in [4.69, 9.17) is 21.4 Å². The van der Waals surface area contributed by atoms with Gasteiger partial charge in [0.1, 0.15) is 11.3 Å². The molecule has 1 N–H and O–H groups in total. The molecule has 0 aromatic heterocycles. The van der Waals surface area contributed by atoms with Crippen LogP contribution in [-0.2, 0) is 0 Å². The summed E-state index contributed by atoms with van der Waals surface area (Å²) in [6.07, 6.45) is 0. The summed E-state index contributed by atoms with van der Waals surface area (Å²) in [6.45, 7) is 1.74. The van der Waals surface area contributed by atoms with Gasteiger partial charge in [-0.3, -0.25) is 0 Å². The summed E-state index contributed by atoms with van der Waals surface area (Å²) in [5, 5.41) is 9.07. The predicted octanol–water partition coefficient (Wildman–Crippen LogP) is 2.36. The van der Waals surface area contributed by atoms with Gasteiger partial charge in [0.15, 0.2) is 0 Å². The zero-order chi connectivity index (χ0) is 10.0. The molecule has 0 aliphatic carbocycles. The second-order valence-corrected chi connectivity index (χ2v) is 2.96. The summed E-state index contributed by atoms with van der Waals surface area (Å²) in [7, 11) is 1.41. The zero-order valence-electron chi connectivity index (χ0n) is 7.30. The minimum Gasteiger partial charge on any atom is -0.496 e. The molecule has 0 fully saturated rings. The number of ether oxygens (including phenoxy) is 1. The molecule has 0 unspecified atom stereocenters. The highest BCUT2D eigenvalue weighted by Gasteiger charge is 2.16. The SMILES string of the molecule is COc1ccc(C)c(Cl)c1C(=O)O. The van der Waals surface area contributed by atoms with Crippen LogP contribution in [0, 0.1) is 6.92 Å². The van der Waals surface area contributed by atoms with Crippen molar-refractivity contribution in [1.82, 2.24) is 0 Å². The highest BCUT2D eigenvalue weighted by molar-refractivity contribution is 6.34. The smallest absolute Gasteiger partial charge is 0.341 e. The Labute approximate surface area is 80.9 Å². The average Bonchev–Trinajstić information content (AvgIpc) is 2.08. The third-order valence-corrected chi connectivity index (χ3v) is 2.22. The number of aromatic carboxylic acids is 1. The molecule has 13 heavy (non-hydrogen) atoms. The fraction of sp³-hybridized carbons (Fsp3) is 0.222. The zero-order valence-corrected chi connectivity index (χ0v) is 8.05. The maximum atomic E-state index is 10.8. The highest BCUT2D eigenvalue weighted by Crippen LogP contribution is 2.29. The standard InChI is InChI=1S/C9H9ClO3/c1-5-3-4-6(13-2)7(8(5)10)9(11)12/h3-4H,1-2H3,(H,11,12). The van der Waals surface area contributed by atoms with Crippen LogP contribution in [0.2, 0.25) is 5.02 Å². The first-order valence-corrected chi connectivity index (χ1v) is 4.02. The fourth-order valence-electron chi connectivity index (χ4n) is 1.03. The monoisotopic (exact) mass is 200 g/mol. The van der Waals surface area contributed by atoms with Crippen molar-refractivity contribution in [2.24, 2.45) is 0 Å². The van der Waals surface area contributed by atoms with E-state index >= 15 is 0 Å². The third-order valence-electron chi connectivity index (χ3n) is 1.73. The van der Waals surface area contributed by atoms with Gasteiger partial charge in [0.25, 0.3) is 0 Å². The summed E-state index contributed by atoms with van der Waals surface area (Å²) in [6, 6.07) is 3.30. The lowest BCUT2D eigenvalue weighted by molar-refractivity contribution is 0.0693. The number of carboxylic acids is 1. The first kappa shape index (κ1) is 9.86. The summed E-state index contributed by atoms with van der Waals surface area (Å²) in [4.78, 5) is 10.8. The van der Waals surface area contributed by atoms with E-state index in [2.05, 4.69) is 0 Å². The summed E-state index contributed by atoms with van der Waals surface area (Å²) < 4.78 is 4.88. The van der Waals surface area contributed by atoms with Gasteiger partial charge >= 0.3 is 5.97 Å². The van der Waals surface area contributed by atoms with E-state index in [0.29, 0.717) is 0 Å². The number of aryl methyl sites for hydroxylation is 1. The molecular formula is C9H9ClO3. The number of halogens is 1. The molecule has 1 aromatic carbocycles.